The molecule has 0 saturated carbocycles. The van der Waals surface area contributed by atoms with Crippen molar-refractivity contribution >= 4 is 22.6 Å². The van der Waals surface area contributed by atoms with Crippen LogP contribution in [-0.2, 0) is 25.4 Å². The second-order valence-corrected chi connectivity index (χ2v) is 14.7. The molecule has 2 aliphatic heterocycles. The van der Waals surface area contributed by atoms with E-state index in [2.05, 4.69) is 0 Å². The molecule has 0 aliphatic carbocycles. The first kappa shape index (κ1) is 48.3. The van der Waals surface area contributed by atoms with Crippen LogP contribution in [0.2, 0.25) is 0 Å². The predicted molar refractivity (Wildman–Crippen MR) is 188 cm³/mol. The predicted octanol–water partition coefficient (Wildman–Crippen LogP) is -8.64. The number of aliphatic hydroxyl groups excluding tert-OH is 16. The SMILES string of the molecule is OC[C@@H](O)[C@@H](OC1O[C@H](CO)[C@H](O)[C@H](O)[C@H]1O)[C@H](O)[C@@H](O)CN(CCc1ccc(O)c(I)c1)C[C@H](O)[C@@H](O)[C@H](O[C@@H]1O[C@H](CO)[C@H](O)[C@H](O)[C@H]1O)[C@H](O)CO. The average molecular weight is 916 g/mol. The number of phenolic OH excluding ortho intramolecular Hbond substituents is 1. The molecule has 1 aromatic carbocycles. The van der Waals surface area contributed by atoms with Crippen LogP contribution in [0.3, 0.4) is 0 Å². The molecule has 17 N–H and O–H groups in total. The maximum Gasteiger partial charge on any atom is 0.187 e. The molecule has 0 aromatic heterocycles. The van der Waals surface area contributed by atoms with Gasteiger partial charge in [-0.25, -0.2) is 0 Å². The molecule has 0 bridgehead atoms. The zero-order valence-corrected chi connectivity index (χ0v) is 31.5. The van der Waals surface area contributed by atoms with Crippen molar-refractivity contribution in [2.75, 3.05) is 46.1 Å². The van der Waals surface area contributed by atoms with Crippen molar-refractivity contribution in [1.29, 1.82) is 0 Å². The maximum atomic E-state index is 11.2. The molecule has 0 radical (unpaired) electrons. The molecule has 320 valence electrons. The van der Waals surface area contributed by atoms with E-state index in [-0.39, 0.29) is 18.7 Å². The van der Waals surface area contributed by atoms with Gasteiger partial charge in [-0.15, -0.1) is 0 Å². The molecule has 3 rings (SSSR count). The number of aromatic hydroxyl groups is 1. The molecular formula is C32H54INO21. The molecule has 2 saturated heterocycles. The van der Waals surface area contributed by atoms with Gasteiger partial charge in [-0.3, -0.25) is 4.90 Å². The van der Waals surface area contributed by atoms with Crippen molar-refractivity contribution < 1.29 is 106 Å². The van der Waals surface area contributed by atoms with Crippen LogP contribution < -0.4 is 0 Å². The third kappa shape index (κ3) is 12.5. The highest BCUT2D eigenvalue weighted by atomic mass is 127. The van der Waals surface area contributed by atoms with Gasteiger partial charge in [0.2, 0.25) is 0 Å². The quantitative estimate of drug-likeness (QED) is 0.0509. The van der Waals surface area contributed by atoms with E-state index in [0.717, 1.165) is 0 Å². The highest BCUT2D eigenvalue weighted by Crippen LogP contribution is 2.27. The summed E-state index contributed by atoms with van der Waals surface area (Å²) in [6, 6.07) is 4.64. The summed E-state index contributed by atoms with van der Waals surface area (Å²) in [4.78, 5) is 1.30. The average Bonchev–Trinajstić information content (AvgIpc) is 3.17. The fourth-order valence-electron chi connectivity index (χ4n) is 6.11. The zero-order chi connectivity index (χ0) is 41.3. The maximum absolute atomic E-state index is 11.2. The molecule has 1 unspecified atom stereocenters. The first-order chi connectivity index (χ1) is 25.9. The molecule has 0 amide bonds. The van der Waals surface area contributed by atoms with Gasteiger partial charge in [0.15, 0.2) is 12.6 Å². The normalized spacial score (nSPS) is 33.4. The standard InChI is InChI=1S/C32H54INO21/c33-13-5-12(1-2-14(13)39)3-4-34(6-15(40)21(44)29(17(42)8-35)54-31-27(50)25(48)23(46)19(10-37)52-31)7-16(41)22(45)30(18(43)9-36)55-32-28(51)26(49)24(47)20(11-38)53-32/h1-2,5,15-32,35-51H,3-4,6-11H2/t15-,16-,17+,18+,19+,20+,21+,22+,23-,24-,25-,26-,27+,28+,29+,30+,31-,32?/m0/s1. The number of rotatable bonds is 21. The Labute approximate surface area is 328 Å². The van der Waals surface area contributed by atoms with Crippen molar-refractivity contribution in [3.05, 3.63) is 27.3 Å². The van der Waals surface area contributed by atoms with E-state index in [0.29, 0.717) is 9.13 Å². The second-order valence-electron chi connectivity index (χ2n) is 13.5. The summed E-state index contributed by atoms with van der Waals surface area (Å²) in [5.41, 5.74) is 0.649. The minimum Gasteiger partial charge on any atom is -0.507 e. The Morgan fingerprint density at radius 1 is 0.618 bits per heavy atom. The number of halogens is 1. The number of benzene rings is 1. The van der Waals surface area contributed by atoms with Crippen molar-refractivity contribution in [1.82, 2.24) is 4.90 Å². The summed E-state index contributed by atoms with van der Waals surface area (Å²) in [6.45, 7) is -5.02. The lowest BCUT2D eigenvalue weighted by atomic mass is 9.97. The molecule has 2 aliphatic rings. The minimum atomic E-state index is -2.12. The van der Waals surface area contributed by atoms with Crippen molar-refractivity contribution in [2.24, 2.45) is 0 Å². The molecule has 22 nitrogen and oxygen atoms in total. The van der Waals surface area contributed by atoms with Gasteiger partial charge in [-0.05, 0) is 46.7 Å². The fourth-order valence-corrected chi connectivity index (χ4v) is 6.69. The molecule has 1 aromatic rings. The Kier molecular flexibility index (Phi) is 19.6. The number of aliphatic hydroxyl groups is 16. The van der Waals surface area contributed by atoms with E-state index in [4.69, 9.17) is 18.9 Å². The van der Waals surface area contributed by atoms with E-state index in [1.807, 2.05) is 22.6 Å². The summed E-state index contributed by atoms with van der Waals surface area (Å²) in [7, 11) is 0. The van der Waals surface area contributed by atoms with Gasteiger partial charge in [0.05, 0.1) is 42.2 Å². The number of ether oxygens (including phenoxy) is 4. The topological polar surface area (TPSA) is 384 Å². The monoisotopic (exact) mass is 915 g/mol. The number of phenols is 1. The van der Waals surface area contributed by atoms with Crippen LogP contribution >= 0.6 is 22.6 Å². The van der Waals surface area contributed by atoms with Crippen LogP contribution in [0.5, 0.6) is 5.75 Å². The molecule has 55 heavy (non-hydrogen) atoms. The largest absolute Gasteiger partial charge is 0.507 e. The van der Waals surface area contributed by atoms with Crippen LogP contribution in [0.25, 0.3) is 0 Å². The zero-order valence-electron chi connectivity index (χ0n) is 29.3. The van der Waals surface area contributed by atoms with Crippen molar-refractivity contribution in [2.45, 2.75) is 117 Å². The third-order valence-corrected chi connectivity index (χ3v) is 10.4. The summed E-state index contributed by atoms with van der Waals surface area (Å²) < 4.78 is 22.0. The van der Waals surface area contributed by atoms with Crippen LogP contribution in [-0.4, -0.2) is 248 Å². The van der Waals surface area contributed by atoms with Crippen molar-refractivity contribution in [3.8, 4) is 5.75 Å². The molecule has 2 heterocycles. The lowest BCUT2D eigenvalue weighted by molar-refractivity contribution is -0.327. The van der Waals surface area contributed by atoms with Crippen molar-refractivity contribution in [3.63, 3.8) is 0 Å². The van der Waals surface area contributed by atoms with Crippen LogP contribution in [0, 0.1) is 3.57 Å². The lowest BCUT2D eigenvalue weighted by Crippen LogP contribution is -2.62. The van der Waals surface area contributed by atoms with E-state index in [1.54, 1.807) is 12.1 Å². The van der Waals surface area contributed by atoms with E-state index < -0.39 is 150 Å². The summed E-state index contributed by atoms with van der Waals surface area (Å²) in [6.07, 6.45) is -33.7. The summed E-state index contributed by atoms with van der Waals surface area (Å²) in [5, 5.41) is 175. The highest BCUT2D eigenvalue weighted by Gasteiger charge is 2.48. The molecule has 2 fully saturated rings. The van der Waals surface area contributed by atoms with Crippen LogP contribution in [0.4, 0.5) is 0 Å². The summed E-state index contributed by atoms with van der Waals surface area (Å²) in [5.74, 6) is -0.000867. The Hall–Kier alpha value is -1.09. The smallest absolute Gasteiger partial charge is 0.187 e. The van der Waals surface area contributed by atoms with Gasteiger partial charge < -0.3 is 106 Å². The fraction of sp³-hybridized carbons (Fsp3) is 0.812. The Balaban J connectivity index is 1.84. The first-order valence-electron chi connectivity index (χ1n) is 17.3. The second kappa shape index (κ2) is 22.3. The highest BCUT2D eigenvalue weighted by molar-refractivity contribution is 14.1. The summed E-state index contributed by atoms with van der Waals surface area (Å²) >= 11 is 1.89. The van der Waals surface area contributed by atoms with Gasteiger partial charge in [0, 0.05) is 19.6 Å². The Morgan fingerprint density at radius 3 is 1.40 bits per heavy atom. The number of hydrogen-bond acceptors (Lipinski definition) is 22. The molecular weight excluding hydrogens is 861 g/mol. The van der Waals surface area contributed by atoms with E-state index >= 15 is 0 Å². The number of nitrogens with zero attached hydrogens (tertiary/aromatic N) is 1. The number of hydrogen-bond donors (Lipinski definition) is 17. The van der Waals surface area contributed by atoms with Gasteiger partial charge in [-0.2, -0.15) is 0 Å². The van der Waals surface area contributed by atoms with Gasteiger partial charge in [0.1, 0.15) is 91.2 Å². The third-order valence-electron chi connectivity index (χ3n) is 9.49. The lowest BCUT2D eigenvalue weighted by Gasteiger charge is -2.43. The van der Waals surface area contributed by atoms with E-state index in [1.165, 1.54) is 11.0 Å². The first-order valence-corrected chi connectivity index (χ1v) is 18.4. The Bertz CT molecular complexity index is 1210. The van der Waals surface area contributed by atoms with Crippen LogP contribution in [0.1, 0.15) is 5.56 Å². The van der Waals surface area contributed by atoms with Gasteiger partial charge >= 0.3 is 0 Å². The van der Waals surface area contributed by atoms with Gasteiger partial charge in [-0.1, -0.05) is 6.07 Å². The van der Waals surface area contributed by atoms with Gasteiger partial charge in [0.25, 0.3) is 0 Å². The van der Waals surface area contributed by atoms with Crippen LogP contribution in [0.15, 0.2) is 18.2 Å². The molecule has 23 heteroatoms. The molecule has 18 atom stereocenters. The minimum absolute atomic E-state index is 0.000867. The van der Waals surface area contributed by atoms with E-state index in [9.17, 15) is 86.8 Å². The molecule has 0 spiro atoms. The Morgan fingerprint density at radius 2 is 1.04 bits per heavy atom.